The van der Waals surface area contributed by atoms with Crippen molar-refractivity contribution in [2.24, 2.45) is 11.8 Å². The highest BCUT2D eigenvalue weighted by atomic mass is 16.6. The van der Waals surface area contributed by atoms with Gasteiger partial charge in [0.05, 0.1) is 29.7 Å². The molecule has 14 nitrogen and oxygen atoms in total. The molecule has 14 heteroatoms. The molecule has 6 aliphatic rings. The average molecular weight is 967 g/mol. The topological polar surface area (TPSA) is 177 Å². The predicted molar refractivity (Wildman–Crippen MR) is 271 cm³/mol. The van der Waals surface area contributed by atoms with Crippen LogP contribution in [0.1, 0.15) is 137 Å². The molecular formula is C58H62N8O6. The molecule has 4 amide bonds. The fraction of sp³-hybridized carbons (Fsp3) is 0.414. The fourth-order valence-electron chi connectivity index (χ4n) is 12.6. The Bertz CT molecular complexity index is 2910. The van der Waals surface area contributed by atoms with E-state index in [-0.39, 0.29) is 48.1 Å². The summed E-state index contributed by atoms with van der Waals surface area (Å²) >= 11 is 0. The van der Waals surface area contributed by atoms with Gasteiger partial charge in [-0.25, -0.2) is 19.6 Å². The number of ether oxygens (including phenoxy) is 1. The maximum atomic E-state index is 14.9. The number of nitrogens with one attached hydrogen (secondary N) is 3. The number of alkyl carbamates (subject to hydrolysis) is 1. The van der Waals surface area contributed by atoms with Crippen molar-refractivity contribution >= 4 is 24.0 Å². The van der Waals surface area contributed by atoms with Crippen LogP contribution in [0.4, 0.5) is 9.59 Å². The lowest BCUT2D eigenvalue weighted by molar-refractivity contribution is -0.140. The van der Waals surface area contributed by atoms with Crippen LogP contribution in [0.25, 0.3) is 33.6 Å². The summed E-state index contributed by atoms with van der Waals surface area (Å²) in [7, 11) is 0. The Morgan fingerprint density at radius 3 is 1.82 bits per heavy atom. The Labute approximate surface area is 419 Å². The van der Waals surface area contributed by atoms with Gasteiger partial charge in [-0.1, -0.05) is 135 Å². The molecule has 370 valence electrons. The molecule has 4 N–H and O–H groups in total. The molecule has 6 fully saturated rings. The number of likely N-dealkylation sites (tertiary alicyclic amines) is 2. The van der Waals surface area contributed by atoms with Crippen LogP contribution < -0.4 is 5.32 Å². The Balaban J connectivity index is 0.721. The third-order valence-electron chi connectivity index (χ3n) is 16.5. The number of carbonyl (C=O) groups is 4. The van der Waals surface area contributed by atoms with E-state index < -0.39 is 24.3 Å². The number of fused-ring (bicyclic) bond motifs is 2. The zero-order chi connectivity index (χ0) is 48.9. The van der Waals surface area contributed by atoms with E-state index in [0.717, 1.165) is 141 Å². The number of aromatic amines is 2. The van der Waals surface area contributed by atoms with Gasteiger partial charge in [0, 0.05) is 29.9 Å². The molecule has 2 aliphatic heterocycles. The summed E-state index contributed by atoms with van der Waals surface area (Å²) < 4.78 is 5.82. The minimum Gasteiger partial charge on any atom is -0.465 e. The van der Waals surface area contributed by atoms with Crippen molar-refractivity contribution in [2.45, 2.75) is 138 Å². The predicted octanol–water partition coefficient (Wildman–Crippen LogP) is 11.3. The Morgan fingerprint density at radius 1 is 0.639 bits per heavy atom. The van der Waals surface area contributed by atoms with Crippen molar-refractivity contribution in [1.82, 2.24) is 40.0 Å². The second-order valence-electron chi connectivity index (χ2n) is 21.1. The maximum Gasteiger partial charge on any atom is 0.408 e. The first-order valence-corrected chi connectivity index (χ1v) is 26.3. The highest BCUT2D eigenvalue weighted by molar-refractivity contribution is 5.89. The average Bonchev–Trinajstić information content (AvgIpc) is 3.99. The van der Waals surface area contributed by atoms with Crippen molar-refractivity contribution in [2.75, 3.05) is 0 Å². The molecule has 0 radical (unpaired) electrons. The van der Waals surface area contributed by atoms with Crippen molar-refractivity contribution in [1.29, 1.82) is 0 Å². The molecule has 8 atom stereocenters. The summed E-state index contributed by atoms with van der Waals surface area (Å²) in [5, 5.41) is 13.6. The molecule has 12 rings (SSSR count). The van der Waals surface area contributed by atoms with E-state index >= 15 is 0 Å². The van der Waals surface area contributed by atoms with Crippen LogP contribution in [0.5, 0.6) is 0 Å². The Kier molecular flexibility index (Phi) is 12.4. The van der Waals surface area contributed by atoms with Crippen molar-refractivity contribution < 1.29 is 29.0 Å². The molecule has 0 spiro atoms. The number of amides is 4. The van der Waals surface area contributed by atoms with Gasteiger partial charge < -0.3 is 34.9 Å². The third kappa shape index (κ3) is 9.04. The summed E-state index contributed by atoms with van der Waals surface area (Å²) in [5.74, 6) is 1.94. The second-order valence-corrected chi connectivity index (χ2v) is 21.1. The van der Waals surface area contributed by atoms with Crippen molar-refractivity contribution in [3.05, 3.63) is 144 Å². The SMILES string of the molecule is O=C(N[C@@H](C(=O)N1[C@@H]2C[C@H]2C[C@H]1c1ncc(-c2ccc(-c3ccc(-c4c[nH]c([C@@H]5C[C@H]6C[C@H]6N5C(=O)[C@@H](c5ccccc5)N(C(=O)O)C5CCCCC5)n4)cc3)cc2)[nH]1)c1ccccc1)OC1CCCCC1. The highest BCUT2D eigenvalue weighted by Gasteiger charge is 2.58. The Morgan fingerprint density at radius 2 is 1.19 bits per heavy atom. The summed E-state index contributed by atoms with van der Waals surface area (Å²) in [6.07, 6.45) is 15.0. The monoisotopic (exact) mass is 966 g/mol. The number of hydrogen-bond donors (Lipinski definition) is 4. The number of imidazole rings is 2. The van der Waals surface area contributed by atoms with Crippen LogP contribution in [0, 0.1) is 11.8 Å². The van der Waals surface area contributed by atoms with E-state index in [9.17, 15) is 24.3 Å². The van der Waals surface area contributed by atoms with E-state index in [1.54, 1.807) is 0 Å². The van der Waals surface area contributed by atoms with Crippen LogP contribution in [0.3, 0.4) is 0 Å². The lowest BCUT2D eigenvalue weighted by Crippen LogP contribution is -2.50. The van der Waals surface area contributed by atoms with E-state index in [1.165, 1.54) is 4.90 Å². The first-order valence-electron chi connectivity index (χ1n) is 26.3. The number of hydrogen-bond acceptors (Lipinski definition) is 7. The minimum absolute atomic E-state index is 0.0791. The van der Waals surface area contributed by atoms with E-state index in [1.807, 2.05) is 82.9 Å². The molecule has 6 aromatic rings. The van der Waals surface area contributed by atoms with Gasteiger partial charge in [0.2, 0.25) is 0 Å². The van der Waals surface area contributed by atoms with Gasteiger partial charge in [0.15, 0.2) is 0 Å². The number of nitrogens with zero attached hydrogens (tertiary/aromatic N) is 5. The molecule has 72 heavy (non-hydrogen) atoms. The van der Waals surface area contributed by atoms with Gasteiger partial charge in [-0.15, -0.1) is 0 Å². The number of carboxylic acid groups (broad SMARTS) is 1. The van der Waals surface area contributed by atoms with Gasteiger partial charge in [-0.3, -0.25) is 14.5 Å². The largest absolute Gasteiger partial charge is 0.465 e. The molecule has 4 heterocycles. The van der Waals surface area contributed by atoms with Gasteiger partial charge in [0.25, 0.3) is 11.8 Å². The summed E-state index contributed by atoms with van der Waals surface area (Å²) in [6.45, 7) is 0. The second kappa shape index (κ2) is 19.4. The number of benzene rings is 4. The molecule has 2 saturated heterocycles. The van der Waals surface area contributed by atoms with Crippen LogP contribution >= 0.6 is 0 Å². The highest BCUT2D eigenvalue weighted by Crippen LogP contribution is 2.55. The van der Waals surface area contributed by atoms with Crippen LogP contribution in [-0.2, 0) is 14.3 Å². The zero-order valence-corrected chi connectivity index (χ0v) is 40.4. The molecule has 0 unspecified atom stereocenters. The summed E-state index contributed by atoms with van der Waals surface area (Å²) in [6, 6.07) is 33.2. The summed E-state index contributed by atoms with van der Waals surface area (Å²) in [5.41, 5.74) is 7.11. The number of piperidine rings is 2. The van der Waals surface area contributed by atoms with Crippen molar-refractivity contribution in [3.63, 3.8) is 0 Å². The van der Waals surface area contributed by atoms with E-state index in [0.29, 0.717) is 17.4 Å². The van der Waals surface area contributed by atoms with Gasteiger partial charge in [-0.2, -0.15) is 0 Å². The lowest BCUT2D eigenvalue weighted by Gasteiger charge is -2.40. The van der Waals surface area contributed by atoms with E-state index in [2.05, 4.69) is 63.8 Å². The van der Waals surface area contributed by atoms with Gasteiger partial charge in [-0.05, 0) is 104 Å². The van der Waals surface area contributed by atoms with Gasteiger partial charge >= 0.3 is 12.2 Å². The third-order valence-corrected chi connectivity index (χ3v) is 16.5. The molecule has 4 aliphatic carbocycles. The molecule has 0 bridgehead atoms. The number of carbonyl (C=O) groups excluding carboxylic acids is 3. The smallest absolute Gasteiger partial charge is 0.408 e. The molecule has 4 saturated carbocycles. The fourth-order valence-corrected chi connectivity index (χ4v) is 12.6. The van der Waals surface area contributed by atoms with E-state index in [4.69, 9.17) is 14.7 Å². The number of H-pyrrole nitrogens is 2. The van der Waals surface area contributed by atoms with Crippen molar-refractivity contribution in [3.8, 4) is 33.6 Å². The maximum absolute atomic E-state index is 14.9. The first-order chi connectivity index (χ1) is 35.3. The normalized spacial score (nSPS) is 24.4. The van der Waals surface area contributed by atoms with Gasteiger partial charge in [0.1, 0.15) is 29.8 Å². The first kappa shape index (κ1) is 45.9. The van der Waals surface area contributed by atoms with Crippen LogP contribution in [0.15, 0.2) is 122 Å². The zero-order valence-electron chi connectivity index (χ0n) is 40.4. The molecule has 4 aromatic carbocycles. The molecular weight excluding hydrogens is 905 g/mol. The number of aromatic nitrogens is 4. The minimum atomic E-state index is -1.05. The Hall–Kier alpha value is -7.22. The summed E-state index contributed by atoms with van der Waals surface area (Å²) in [4.78, 5) is 78.0. The van der Waals surface area contributed by atoms with Crippen LogP contribution in [0.2, 0.25) is 0 Å². The lowest BCUT2D eigenvalue weighted by atomic mass is 9.91. The van der Waals surface area contributed by atoms with Crippen LogP contribution in [-0.4, -0.2) is 88.0 Å². The quantitative estimate of drug-likeness (QED) is 0.0884. The number of rotatable bonds is 13. The standard InChI is InChI=1S/C58H62N8O6/c67-55(51(39-13-5-1-6-14-39)63-57(69)72-44-19-11-4-12-20-44)65-47-29-41(47)31-49(65)53-59-33-45(61-53)37-25-21-35(22-26-37)36-23-27-38(28-24-36)46-34-60-54(62-46)50-32-42-30-48(42)66(50)56(68)52(40-15-7-2-8-16-40)64(58(70)71)43-17-9-3-10-18-43/h1-2,5-8,13-16,21-28,33-34,41-44,47-52H,3-4,9-12,17-20,29-32H2,(H,59,61)(H,60,62)(H,63,69)(H,70,71)/t41-,42+,47+,48+,49-,50-,51+,52+/m0/s1. The molecule has 2 aromatic heterocycles.